The highest BCUT2D eigenvalue weighted by Crippen LogP contribution is 2.15. The molecule has 3 nitrogen and oxygen atoms in total. The van der Waals surface area contributed by atoms with Crippen molar-refractivity contribution in [3.8, 4) is 0 Å². The first-order valence-electron chi connectivity index (χ1n) is 14.3. The minimum Gasteiger partial charge on any atom is -0.481 e. The highest BCUT2D eigenvalue weighted by atomic mass is 16.4. The van der Waals surface area contributed by atoms with Gasteiger partial charge in [0, 0.05) is 6.42 Å². The first kappa shape index (κ1) is 31.9. The zero-order valence-corrected chi connectivity index (χ0v) is 22.0. The van der Waals surface area contributed by atoms with Crippen LogP contribution in [0.5, 0.6) is 0 Å². The van der Waals surface area contributed by atoms with E-state index in [9.17, 15) is 9.90 Å². The van der Waals surface area contributed by atoms with Crippen molar-refractivity contribution in [3.05, 3.63) is 24.3 Å². The lowest BCUT2D eigenvalue weighted by molar-refractivity contribution is -0.137. The largest absolute Gasteiger partial charge is 0.481 e. The number of allylic oxidation sites excluding steroid dienone is 3. The summed E-state index contributed by atoms with van der Waals surface area (Å²) in [5.41, 5.74) is 0. The molecule has 0 aliphatic rings. The summed E-state index contributed by atoms with van der Waals surface area (Å²) >= 11 is 0. The number of unbranched alkanes of at least 4 members (excludes halogenated alkanes) is 18. The van der Waals surface area contributed by atoms with Gasteiger partial charge >= 0.3 is 5.97 Å². The first-order chi connectivity index (χ1) is 16.2. The van der Waals surface area contributed by atoms with E-state index in [2.05, 4.69) is 24.3 Å². The van der Waals surface area contributed by atoms with Crippen molar-refractivity contribution in [1.29, 1.82) is 0 Å². The second kappa shape index (κ2) is 27.2. The molecule has 1 atom stereocenters. The van der Waals surface area contributed by atoms with Crippen LogP contribution in [-0.4, -0.2) is 22.3 Å². The quantitative estimate of drug-likeness (QED) is 0.0989. The molecule has 33 heavy (non-hydrogen) atoms. The fourth-order valence-electron chi connectivity index (χ4n) is 4.34. The first-order valence-corrected chi connectivity index (χ1v) is 14.3. The number of carboxylic acid groups (broad SMARTS) is 1. The predicted molar refractivity (Wildman–Crippen MR) is 144 cm³/mol. The molecule has 0 fully saturated rings. The monoisotopic (exact) mass is 464 g/mol. The SMILES string of the molecule is CC=CCC=CCC(O)CCCCCCCCCCCCCCCCCCCCCC(=O)O. The Balaban J connectivity index is 3.14. The maximum atomic E-state index is 10.4. The van der Waals surface area contributed by atoms with Crippen LogP contribution in [0.15, 0.2) is 24.3 Å². The summed E-state index contributed by atoms with van der Waals surface area (Å²) in [6.45, 7) is 2.04. The number of hydrogen-bond acceptors (Lipinski definition) is 2. The molecular formula is C30H56O3. The van der Waals surface area contributed by atoms with Gasteiger partial charge in [0.05, 0.1) is 6.10 Å². The average molecular weight is 465 g/mol. The van der Waals surface area contributed by atoms with E-state index >= 15 is 0 Å². The maximum absolute atomic E-state index is 10.4. The fraction of sp³-hybridized carbons (Fsp3) is 0.833. The van der Waals surface area contributed by atoms with Gasteiger partial charge in [-0.15, -0.1) is 0 Å². The molecule has 0 spiro atoms. The Morgan fingerprint density at radius 1 is 0.606 bits per heavy atom. The van der Waals surface area contributed by atoms with E-state index in [0.717, 1.165) is 38.5 Å². The lowest BCUT2D eigenvalue weighted by Crippen LogP contribution is -2.04. The van der Waals surface area contributed by atoms with E-state index in [1.54, 1.807) is 0 Å². The van der Waals surface area contributed by atoms with E-state index in [0.29, 0.717) is 6.42 Å². The molecule has 194 valence electrons. The van der Waals surface area contributed by atoms with E-state index < -0.39 is 5.97 Å². The lowest BCUT2D eigenvalue weighted by atomic mass is 10.0. The van der Waals surface area contributed by atoms with Crippen molar-refractivity contribution < 1.29 is 15.0 Å². The Morgan fingerprint density at radius 3 is 1.39 bits per heavy atom. The fourth-order valence-corrected chi connectivity index (χ4v) is 4.34. The number of aliphatic hydroxyl groups is 1. The Kier molecular flexibility index (Phi) is 26.3. The molecule has 0 aromatic carbocycles. The summed E-state index contributed by atoms with van der Waals surface area (Å²) in [6, 6.07) is 0. The van der Waals surface area contributed by atoms with Gasteiger partial charge in [0.1, 0.15) is 0 Å². The number of rotatable bonds is 26. The third-order valence-corrected chi connectivity index (χ3v) is 6.51. The highest BCUT2D eigenvalue weighted by molar-refractivity contribution is 5.66. The molecule has 0 rings (SSSR count). The van der Waals surface area contributed by atoms with Gasteiger partial charge in [-0.3, -0.25) is 4.79 Å². The van der Waals surface area contributed by atoms with Crippen LogP contribution in [0.2, 0.25) is 0 Å². The molecule has 2 N–H and O–H groups in total. The molecule has 0 aliphatic heterocycles. The van der Waals surface area contributed by atoms with Gasteiger partial charge in [-0.05, 0) is 32.6 Å². The maximum Gasteiger partial charge on any atom is 0.303 e. The second-order valence-corrected chi connectivity index (χ2v) is 9.82. The van der Waals surface area contributed by atoms with Gasteiger partial charge in [-0.2, -0.15) is 0 Å². The molecule has 0 bridgehead atoms. The predicted octanol–water partition coefficient (Wildman–Crippen LogP) is 9.54. The number of hydrogen-bond donors (Lipinski definition) is 2. The van der Waals surface area contributed by atoms with E-state index in [-0.39, 0.29) is 6.10 Å². The van der Waals surface area contributed by atoms with Gasteiger partial charge in [0.25, 0.3) is 0 Å². The zero-order valence-electron chi connectivity index (χ0n) is 22.0. The van der Waals surface area contributed by atoms with Crippen LogP contribution in [0.3, 0.4) is 0 Å². The molecule has 0 saturated heterocycles. The number of aliphatic hydroxyl groups excluding tert-OH is 1. The molecule has 0 radical (unpaired) electrons. The highest BCUT2D eigenvalue weighted by Gasteiger charge is 2.01. The summed E-state index contributed by atoms with van der Waals surface area (Å²) < 4.78 is 0. The van der Waals surface area contributed by atoms with Crippen molar-refractivity contribution in [2.45, 2.75) is 161 Å². The molecule has 0 aromatic heterocycles. The molecule has 0 amide bonds. The smallest absolute Gasteiger partial charge is 0.303 e. The van der Waals surface area contributed by atoms with Crippen LogP contribution in [0.25, 0.3) is 0 Å². The van der Waals surface area contributed by atoms with Crippen LogP contribution in [-0.2, 0) is 4.79 Å². The Bertz CT molecular complexity index is 455. The minimum atomic E-state index is -0.659. The number of aliphatic carboxylic acids is 1. The van der Waals surface area contributed by atoms with Gasteiger partial charge in [0.15, 0.2) is 0 Å². The number of carboxylic acids is 1. The third-order valence-electron chi connectivity index (χ3n) is 6.51. The molecule has 3 heteroatoms. The molecule has 1 unspecified atom stereocenters. The van der Waals surface area contributed by atoms with Gasteiger partial charge < -0.3 is 10.2 Å². The Hall–Kier alpha value is -1.09. The molecule has 0 aromatic rings. The molecular weight excluding hydrogens is 408 g/mol. The lowest BCUT2D eigenvalue weighted by Gasteiger charge is -2.07. The van der Waals surface area contributed by atoms with E-state index in [4.69, 9.17) is 5.11 Å². The van der Waals surface area contributed by atoms with Crippen molar-refractivity contribution in [2.75, 3.05) is 0 Å². The Morgan fingerprint density at radius 2 is 1.00 bits per heavy atom. The van der Waals surface area contributed by atoms with Crippen LogP contribution in [0.4, 0.5) is 0 Å². The summed E-state index contributed by atoms with van der Waals surface area (Å²) in [5, 5.41) is 18.6. The Labute approximate surface area is 206 Å². The van der Waals surface area contributed by atoms with Crippen LogP contribution >= 0.6 is 0 Å². The minimum absolute atomic E-state index is 0.159. The van der Waals surface area contributed by atoms with Gasteiger partial charge in [-0.25, -0.2) is 0 Å². The summed E-state index contributed by atoms with van der Waals surface area (Å²) in [4.78, 5) is 10.4. The number of carbonyl (C=O) groups is 1. The van der Waals surface area contributed by atoms with Gasteiger partial charge in [0.2, 0.25) is 0 Å². The standard InChI is InChI=1S/C30H56O3/c1-2-3-4-20-23-26-29(31)27-24-21-18-16-14-12-10-8-6-5-7-9-11-13-15-17-19-22-25-28-30(32)33/h2-3,20,23,29,31H,4-19,21-22,24-28H2,1H3,(H,32,33). The van der Waals surface area contributed by atoms with Crippen molar-refractivity contribution in [3.63, 3.8) is 0 Å². The molecule has 0 aliphatic carbocycles. The van der Waals surface area contributed by atoms with Crippen molar-refractivity contribution >= 4 is 5.97 Å². The molecule has 0 heterocycles. The van der Waals surface area contributed by atoms with Crippen molar-refractivity contribution in [2.24, 2.45) is 0 Å². The van der Waals surface area contributed by atoms with Crippen LogP contribution < -0.4 is 0 Å². The van der Waals surface area contributed by atoms with Crippen LogP contribution in [0.1, 0.15) is 155 Å². The molecule has 0 saturated carbocycles. The third kappa shape index (κ3) is 28.9. The summed E-state index contributed by atoms with van der Waals surface area (Å²) in [5.74, 6) is -0.659. The summed E-state index contributed by atoms with van der Waals surface area (Å²) in [7, 11) is 0. The topological polar surface area (TPSA) is 57.5 Å². The van der Waals surface area contributed by atoms with Crippen molar-refractivity contribution in [1.82, 2.24) is 0 Å². The van der Waals surface area contributed by atoms with E-state index in [1.807, 2.05) is 6.92 Å². The average Bonchev–Trinajstić information content (AvgIpc) is 2.79. The second-order valence-electron chi connectivity index (χ2n) is 9.82. The normalized spacial score (nSPS) is 12.8. The zero-order chi connectivity index (χ0) is 24.2. The summed E-state index contributed by atoms with van der Waals surface area (Å²) in [6.07, 6.45) is 36.1. The van der Waals surface area contributed by atoms with Gasteiger partial charge in [-0.1, -0.05) is 140 Å². The van der Waals surface area contributed by atoms with Crippen LogP contribution in [0, 0.1) is 0 Å². The van der Waals surface area contributed by atoms with E-state index in [1.165, 1.54) is 103 Å².